The van der Waals surface area contributed by atoms with E-state index in [2.05, 4.69) is 5.32 Å². The number of fused-ring (bicyclic) bond motifs is 1. The monoisotopic (exact) mass is 229 g/mol. The molecule has 92 valence electrons. The molecule has 2 saturated heterocycles. The molecule has 3 rings (SSSR count). The van der Waals surface area contributed by atoms with Crippen LogP contribution < -0.4 is 5.32 Å². The zero-order valence-electron chi connectivity index (χ0n) is 9.26. The van der Waals surface area contributed by atoms with E-state index < -0.39 is 24.1 Å². The second-order valence-corrected chi connectivity index (χ2v) is 5.06. The third-order valence-electron chi connectivity index (χ3n) is 3.87. The summed E-state index contributed by atoms with van der Waals surface area (Å²) in [7, 11) is 0. The number of piperidine rings is 1. The van der Waals surface area contributed by atoms with Gasteiger partial charge in [-0.25, -0.2) is 0 Å². The van der Waals surface area contributed by atoms with Gasteiger partial charge in [-0.15, -0.1) is 0 Å². The fourth-order valence-electron chi connectivity index (χ4n) is 2.95. The Bertz CT molecular complexity index is 267. The highest BCUT2D eigenvalue weighted by Gasteiger charge is 2.53. The summed E-state index contributed by atoms with van der Waals surface area (Å²) in [6.07, 6.45) is 2.93. The van der Waals surface area contributed by atoms with E-state index in [1.165, 1.54) is 6.42 Å². The lowest BCUT2D eigenvalue weighted by atomic mass is 9.94. The van der Waals surface area contributed by atoms with E-state index in [0.29, 0.717) is 6.54 Å². The molecule has 0 aromatic rings. The summed E-state index contributed by atoms with van der Waals surface area (Å²) in [6, 6.07) is 0. The maximum absolute atomic E-state index is 9.87. The number of nitrogens with one attached hydrogen (secondary N) is 1. The highest BCUT2D eigenvalue weighted by Crippen LogP contribution is 2.41. The number of aliphatic hydroxyl groups is 2. The molecule has 4 atom stereocenters. The van der Waals surface area contributed by atoms with Gasteiger partial charge in [-0.3, -0.25) is 5.32 Å². The van der Waals surface area contributed by atoms with Gasteiger partial charge < -0.3 is 19.7 Å². The first-order valence-corrected chi connectivity index (χ1v) is 6.15. The standard InChI is InChI=1S/C11H19NO4/c13-7-6-12-10-9(8(7)14)15-11(16-10)4-2-1-3-5-11/h7-10,12-14H,1-6H2. The van der Waals surface area contributed by atoms with Crippen molar-refractivity contribution in [2.24, 2.45) is 0 Å². The van der Waals surface area contributed by atoms with Crippen LogP contribution in [0, 0.1) is 0 Å². The number of rotatable bonds is 0. The van der Waals surface area contributed by atoms with Gasteiger partial charge in [0.25, 0.3) is 0 Å². The number of hydrogen-bond acceptors (Lipinski definition) is 5. The number of β-amino-alcohol motifs (C(OH)–C–C–N with tert-alkyl or cyclic N) is 1. The molecule has 5 heteroatoms. The molecule has 0 amide bonds. The fourth-order valence-corrected chi connectivity index (χ4v) is 2.95. The normalized spacial score (nSPS) is 46.9. The molecule has 0 bridgehead atoms. The molecule has 3 fully saturated rings. The average Bonchev–Trinajstić information content (AvgIpc) is 2.64. The van der Waals surface area contributed by atoms with Crippen molar-refractivity contribution in [1.29, 1.82) is 0 Å². The summed E-state index contributed by atoms with van der Waals surface area (Å²) in [5.74, 6) is -0.508. The molecule has 0 aromatic carbocycles. The van der Waals surface area contributed by atoms with E-state index in [4.69, 9.17) is 9.47 Å². The Balaban J connectivity index is 1.74. The summed E-state index contributed by atoms with van der Waals surface area (Å²) in [6.45, 7) is 0.363. The Morgan fingerprint density at radius 2 is 1.81 bits per heavy atom. The SMILES string of the molecule is OC1CNC2OC3(CCCCC3)OC2C1O. The minimum absolute atomic E-state index is 0.267. The van der Waals surface area contributed by atoms with E-state index in [1.807, 2.05) is 0 Å². The van der Waals surface area contributed by atoms with Gasteiger partial charge in [0.2, 0.25) is 0 Å². The Hall–Kier alpha value is -0.200. The smallest absolute Gasteiger partial charge is 0.171 e. The molecule has 1 aliphatic carbocycles. The first kappa shape index (κ1) is 10.9. The number of ether oxygens (including phenoxy) is 2. The number of hydrogen-bond donors (Lipinski definition) is 3. The lowest BCUT2D eigenvalue weighted by molar-refractivity contribution is -0.201. The van der Waals surface area contributed by atoms with Crippen molar-refractivity contribution in [3.8, 4) is 0 Å². The molecule has 4 unspecified atom stereocenters. The Morgan fingerprint density at radius 1 is 1.06 bits per heavy atom. The Kier molecular flexibility index (Phi) is 2.68. The summed E-state index contributed by atoms with van der Waals surface area (Å²) < 4.78 is 11.8. The van der Waals surface area contributed by atoms with Gasteiger partial charge in [0.05, 0.1) is 6.10 Å². The van der Waals surface area contributed by atoms with Crippen molar-refractivity contribution in [2.45, 2.75) is 62.4 Å². The zero-order valence-corrected chi connectivity index (χ0v) is 9.26. The molecule has 1 saturated carbocycles. The maximum Gasteiger partial charge on any atom is 0.171 e. The molecular formula is C11H19NO4. The second-order valence-electron chi connectivity index (χ2n) is 5.06. The van der Waals surface area contributed by atoms with Crippen molar-refractivity contribution in [3.63, 3.8) is 0 Å². The van der Waals surface area contributed by atoms with Crippen molar-refractivity contribution < 1.29 is 19.7 Å². The van der Waals surface area contributed by atoms with Crippen LogP contribution in [-0.4, -0.2) is 47.1 Å². The largest absolute Gasteiger partial charge is 0.389 e. The zero-order chi connectivity index (χ0) is 11.2. The first-order chi connectivity index (χ1) is 7.70. The fraction of sp³-hybridized carbons (Fsp3) is 1.00. The van der Waals surface area contributed by atoms with Crippen LogP contribution in [0.25, 0.3) is 0 Å². The van der Waals surface area contributed by atoms with Gasteiger partial charge >= 0.3 is 0 Å². The minimum Gasteiger partial charge on any atom is -0.389 e. The van der Waals surface area contributed by atoms with Gasteiger partial charge in [0.15, 0.2) is 5.79 Å². The van der Waals surface area contributed by atoms with E-state index in [0.717, 1.165) is 25.7 Å². The van der Waals surface area contributed by atoms with Crippen molar-refractivity contribution >= 4 is 0 Å². The third-order valence-corrected chi connectivity index (χ3v) is 3.87. The van der Waals surface area contributed by atoms with Crippen LogP contribution in [0.15, 0.2) is 0 Å². The minimum atomic E-state index is -0.840. The van der Waals surface area contributed by atoms with Gasteiger partial charge in [-0.2, -0.15) is 0 Å². The predicted molar refractivity (Wildman–Crippen MR) is 55.6 cm³/mol. The molecule has 5 nitrogen and oxygen atoms in total. The van der Waals surface area contributed by atoms with E-state index in [1.54, 1.807) is 0 Å². The Labute approximate surface area is 94.7 Å². The highest BCUT2D eigenvalue weighted by atomic mass is 16.8. The summed E-state index contributed by atoms with van der Waals surface area (Å²) in [4.78, 5) is 0. The topological polar surface area (TPSA) is 71.0 Å². The van der Waals surface area contributed by atoms with E-state index in [-0.39, 0.29) is 6.23 Å². The van der Waals surface area contributed by atoms with Crippen LogP contribution in [0.2, 0.25) is 0 Å². The van der Waals surface area contributed by atoms with Crippen molar-refractivity contribution in [3.05, 3.63) is 0 Å². The van der Waals surface area contributed by atoms with Gasteiger partial charge in [-0.1, -0.05) is 6.42 Å². The van der Waals surface area contributed by atoms with Crippen LogP contribution in [0.5, 0.6) is 0 Å². The highest BCUT2D eigenvalue weighted by molar-refractivity contribution is 4.96. The van der Waals surface area contributed by atoms with Crippen LogP contribution in [-0.2, 0) is 9.47 Å². The predicted octanol–water partition coefficient (Wildman–Crippen LogP) is -0.287. The van der Waals surface area contributed by atoms with Gasteiger partial charge in [0.1, 0.15) is 18.4 Å². The maximum atomic E-state index is 9.87. The molecule has 0 radical (unpaired) electrons. The average molecular weight is 229 g/mol. The van der Waals surface area contributed by atoms with Gasteiger partial charge in [-0.05, 0) is 12.8 Å². The third kappa shape index (κ3) is 1.67. The van der Waals surface area contributed by atoms with E-state index in [9.17, 15) is 10.2 Å². The summed E-state index contributed by atoms with van der Waals surface area (Å²) in [5.41, 5.74) is 0. The molecule has 2 aliphatic heterocycles. The lowest BCUT2D eigenvalue weighted by Gasteiger charge is -2.32. The van der Waals surface area contributed by atoms with E-state index >= 15 is 0 Å². The lowest BCUT2D eigenvalue weighted by Crippen LogP contribution is -2.58. The van der Waals surface area contributed by atoms with Crippen molar-refractivity contribution in [1.82, 2.24) is 5.32 Å². The first-order valence-electron chi connectivity index (χ1n) is 6.15. The molecule has 3 aliphatic rings. The van der Waals surface area contributed by atoms with Crippen LogP contribution >= 0.6 is 0 Å². The van der Waals surface area contributed by atoms with Gasteiger partial charge in [0, 0.05) is 19.4 Å². The van der Waals surface area contributed by atoms with Crippen LogP contribution in [0.1, 0.15) is 32.1 Å². The molecule has 16 heavy (non-hydrogen) atoms. The molecule has 3 N–H and O–H groups in total. The molecular weight excluding hydrogens is 210 g/mol. The van der Waals surface area contributed by atoms with Crippen LogP contribution in [0.4, 0.5) is 0 Å². The van der Waals surface area contributed by atoms with Crippen LogP contribution in [0.3, 0.4) is 0 Å². The molecule has 0 aromatic heterocycles. The quantitative estimate of drug-likeness (QED) is 0.532. The molecule has 2 heterocycles. The summed E-state index contributed by atoms with van der Waals surface area (Å²) >= 11 is 0. The number of aliphatic hydroxyl groups excluding tert-OH is 2. The van der Waals surface area contributed by atoms with Crippen molar-refractivity contribution in [2.75, 3.05) is 6.54 Å². The Morgan fingerprint density at radius 3 is 2.56 bits per heavy atom. The second kappa shape index (κ2) is 3.92. The molecule has 1 spiro atoms. The summed E-state index contributed by atoms with van der Waals surface area (Å²) in [5, 5.41) is 22.5.